The Balaban J connectivity index is 1.29. The minimum absolute atomic E-state index is 0.102. The van der Waals surface area contributed by atoms with Crippen LogP contribution in [0.15, 0.2) is 24.3 Å². The molecule has 0 bridgehead atoms. The molecule has 180 valence electrons. The zero-order valence-electron chi connectivity index (χ0n) is 19.6. The summed E-state index contributed by atoms with van der Waals surface area (Å²) < 4.78 is 12.3. The molecule has 11 nitrogen and oxygen atoms in total. The summed E-state index contributed by atoms with van der Waals surface area (Å²) in [6.45, 7) is 8.37. The quantitative estimate of drug-likeness (QED) is 0.497. The molecule has 1 aliphatic heterocycles. The van der Waals surface area contributed by atoms with Crippen molar-refractivity contribution in [3.05, 3.63) is 41.2 Å². The van der Waals surface area contributed by atoms with Gasteiger partial charge >= 0.3 is 5.97 Å². The van der Waals surface area contributed by atoms with Gasteiger partial charge in [0.25, 0.3) is 11.7 Å². The number of rotatable bonds is 7. The number of hydrogen-bond acceptors (Lipinski definition) is 9. The third-order valence-corrected chi connectivity index (χ3v) is 5.83. The summed E-state index contributed by atoms with van der Waals surface area (Å²) in [5.41, 5.74) is 9.80. The third kappa shape index (κ3) is 5.25. The Bertz CT molecular complexity index is 1190. The number of fused-ring (bicyclic) bond motifs is 1. The van der Waals surface area contributed by atoms with Crippen LogP contribution in [0, 0.1) is 13.8 Å². The largest absolute Gasteiger partial charge is 0.453 e. The lowest BCUT2D eigenvalue weighted by molar-refractivity contribution is -0.153. The van der Waals surface area contributed by atoms with Crippen LogP contribution in [-0.2, 0) is 25.5 Å². The van der Waals surface area contributed by atoms with Crippen LogP contribution in [0.1, 0.15) is 30.3 Å². The van der Waals surface area contributed by atoms with Gasteiger partial charge in [-0.15, -0.1) is 5.10 Å². The first-order chi connectivity index (χ1) is 16.3. The summed E-state index contributed by atoms with van der Waals surface area (Å²) >= 11 is 0. The van der Waals surface area contributed by atoms with E-state index in [1.54, 1.807) is 11.4 Å². The number of benzene rings is 1. The molecule has 1 aliphatic rings. The van der Waals surface area contributed by atoms with E-state index in [0.29, 0.717) is 31.1 Å². The molecule has 11 heteroatoms. The van der Waals surface area contributed by atoms with E-state index in [-0.39, 0.29) is 18.3 Å². The minimum atomic E-state index is -0.927. The van der Waals surface area contributed by atoms with E-state index in [0.717, 1.165) is 35.7 Å². The predicted octanol–water partition coefficient (Wildman–Crippen LogP) is 1.66. The first-order valence-corrected chi connectivity index (χ1v) is 11.2. The monoisotopic (exact) mass is 467 g/mol. The highest BCUT2D eigenvalue weighted by Gasteiger charge is 2.20. The van der Waals surface area contributed by atoms with Crippen molar-refractivity contribution < 1.29 is 19.1 Å². The number of nitrogens with two attached hydrogens (primary N) is 1. The van der Waals surface area contributed by atoms with Gasteiger partial charge in [-0.1, -0.05) is 0 Å². The average molecular weight is 468 g/mol. The van der Waals surface area contributed by atoms with Crippen LogP contribution < -0.4 is 16.0 Å². The molecule has 1 fully saturated rings. The van der Waals surface area contributed by atoms with Crippen LogP contribution in [0.5, 0.6) is 0 Å². The molecule has 3 N–H and O–H groups in total. The molecule has 4 rings (SSSR count). The maximum absolute atomic E-state index is 12.5. The van der Waals surface area contributed by atoms with Crippen LogP contribution in [0.25, 0.3) is 5.78 Å². The van der Waals surface area contributed by atoms with Crippen molar-refractivity contribution in [3.8, 4) is 0 Å². The number of carbonyl (C=O) groups is 2. The van der Waals surface area contributed by atoms with Gasteiger partial charge in [0.15, 0.2) is 6.10 Å². The maximum atomic E-state index is 12.5. The van der Waals surface area contributed by atoms with E-state index in [1.807, 2.05) is 38.1 Å². The molecule has 0 saturated carbocycles. The Morgan fingerprint density at radius 3 is 2.59 bits per heavy atom. The predicted molar refractivity (Wildman–Crippen MR) is 127 cm³/mol. The number of amides is 1. The Morgan fingerprint density at radius 1 is 1.18 bits per heavy atom. The standard InChI is InChI=1S/C23H29N7O4/c1-14-19(15(2)30-23(25-14)27-22(24)28-30)8-9-20(31)34-16(3)21(32)26-17-4-6-18(7-5-17)29-10-12-33-13-11-29/h4-7,16H,8-13H2,1-3H3,(H2,24,28)(H,26,32)/t16-/m1/s1. The number of ether oxygens (including phenoxy) is 2. The molecule has 1 amide bonds. The van der Waals surface area contributed by atoms with E-state index in [9.17, 15) is 9.59 Å². The highest BCUT2D eigenvalue weighted by Crippen LogP contribution is 2.20. The number of aromatic nitrogens is 4. The molecule has 1 saturated heterocycles. The zero-order chi connectivity index (χ0) is 24.2. The number of aryl methyl sites for hydroxylation is 2. The molecule has 0 spiro atoms. The lowest BCUT2D eigenvalue weighted by atomic mass is 10.1. The fraction of sp³-hybridized carbons (Fsp3) is 0.435. The number of morpholine rings is 1. The zero-order valence-corrected chi connectivity index (χ0v) is 19.6. The maximum Gasteiger partial charge on any atom is 0.306 e. The number of nitrogen functional groups attached to an aromatic ring is 1. The second-order valence-corrected chi connectivity index (χ2v) is 8.21. The number of anilines is 3. The Labute approximate surface area is 197 Å². The van der Waals surface area contributed by atoms with Crippen molar-refractivity contribution in [1.82, 2.24) is 19.6 Å². The van der Waals surface area contributed by atoms with Crippen molar-refractivity contribution in [2.75, 3.05) is 42.3 Å². The van der Waals surface area contributed by atoms with Gasteiger partial charge in [0.05, 0.1) is 13.2 Å². The van der Waals surface area contributed by atoms with Gasteiger partial charge < -0.3 is 25.4 Å². The molecular formula is C23H29N7O4. The molecule has 0 aliphatic carbocycles. The summed E-state index contributed by atoms with van der Waals surface area (Å²) in [6, 6.07) is 7.58. The number of esters is 1. The molecule has 3 aromatic rings. The summed E-state index contributed by atoms with van der Waals surface area (Å²) in [5.74, 6) is -0.299. The van der Waals surface area contributed by atoms with Gasteiger partial charge in [-0.25, -0.2) is 4.98 Å². The molecule has 3 heterocycles. The van der Waals surface area contributed by atoms with E-state index in [2.05, 4.69) is 25.3 Å². The Morgan fingerprint density at radius 2 is 1.88 bits per heavy atom. The Kier molecular flexibility index (Phi) is 6.92. The van der Waals surface area contributed by atoms with Crippen LogP contribution in [0.2, 0.25) is 0 Å². The minimum Gasteiger partial charge on any atom is -0.453 e. The van der Waals surface area contributed by atoms with Crippen molar-refractivity contribution in [3.63, 3.8) is 0 Å². The van der Waals surface area contributed by atoms with Crippen LogP contribution in [0.3, 0.4) is 0 Å². The van der Waals surface area contributed by atoms with E-state index < -0.39 is 12.1 Å². The van der Waals surface area contributed by atoms with Gasteiger partial charge in [0.2, 0.25) is 5.95 Å². The van der Waals surface area contributed by atoms with E-state index in [4.69, 9.17) is 15.2 Å². The van der Waals surface area contributed by atoms with E-state index in [1.165, 1.54) is 0 Å². The molecule has 2 aromatic heterocycles. The smallest absolute Gasteiger partial charge is 0.306 e. The van der Waals surface area contributed by atoms with Gasteiger partial charge in [-0.05, 0) is 57.0 Å². The molecule has 1 aromatic carbocycles. The van der Waals surface area contributed by atoms with Crippen molar-refractivity contribution >= 4 is 35.0 Å². The number of nitrogens with zero attached hydrogens (tertiary/aromatic N) is 5. The first-order valence-electron chi connectivity index (χ1n) is 11.2. The van der Waals surface area contributed by atoms with Crippen LogP contribution >= 0.6 is 0 Å². The molecule has 34 heavy (non-hydrogen) atoms. The lowest BCUT2D eigenvalue weighted by Crippen LogP contribution is -2.36. The second kappa shape index (κ2) is 10.0. The number of carbonyl (C=O) groups excluding carboxylic acids is 2. The third-order valence-electron chi connectivity index (χ3n) is 5.83. The van der Waals surface area contributed by atoms with Gasteiger partial charge in [0.1, 0.15) is 0 Å². The fourth-order valence-corrected chi connectivity index (χ4v) is 3.94. The highest BCUT2D eigenvalue weighted by molar-refractivity contribution is 5.95. The average Bonchev–Trinajstić information content (AvgIpc) is 3.20. The number of nitrogens with one attached hydrogen (secondary N) is 1. The van der Waals surface area contributed by atoms with Crippen molar-refractivity contribution in [2.24, 2.45) is 0 Å². The fourth-order valence-electron chi connectivity index (χ4n) is 3.94. The lowest BCUT2D eigenvalue weighted by Gasteiger charge is -2.28. The summed E-state index contributed by atoms with van der Waals surface area (Å²) in [6.07, 6.45) is -0.425. The molecule has 1 atom stereocenters. The molecule has 0 radical (unpaired) electrons. The van der Waals surface area contributed by atoms with Gasteiger partial charge in [-0.2, -0.15) is 9.50 Å². The van der Waals surface area contributed by atoms with Gasteiger partial charge in [0, 0.05) is 42.3 Å². The van der Waals surface area contributed by atoms with E-state index >= 15 is 0 Å². The first kappa shape index (κ1) is 23.4. The highest BCUT2D eigenvalue weighted by atomic mass is 16.5. The normalized spacial score (nSPS) is 14.7. The molecule has 0 unspecified atom stereocenters. The van der Waals surface area contributed by atoms with Crippen molar-refractivity contribution in [1.29, 1.82) is 0 Å². The molecular weight excluding hydrogens is 438 g/mol. The van der Waals surface area contributed by atoms with Gasteiger partial charge in [-0.3, -0.25) is 9.59 Å². The summed E-state index contributed by atoms with van der Waals surface area (Å²) in [7, 11) is 0. The summed E-state index contributed by atoms with van der Waals surface area (Å²) in [5, 5.41) is 6.92. The SMILES string of the molecule is Cc1nc2nc(N)nn2c(C)c1CCC(=O)O[C@H](C)C(=O)Nc1ccc(N2CCOCC2)cc1. The van der Waals surface area contributed by atoms with Crippen LogP contribution in [0.4, 0.5) is 17.3 Å². The Hall–Kier alpha value is -3.73. The topological polar surface area (TPSA) is 137 Å². The second-order valence-electron chi connectivity index (χ2n) is 8.21. The van der Waals surface area contributed by atoms with Crippen molar-refractivity contribution in [2.45, 2.75) is 39.7 Å². The van der Waals surface area contributed by atoms with Crippen LogP contribution in [-0.4, -0.2) is 63.9 Å². The number of hydrogen-bond donors (Lipinski definition) is 2. The summed E-state index contributed by atoms with van der Waals surface area (Å²) in [4.78, 5) is 35.6.